The number of nitrogens with two attached hydrogens (primary N) is 1. The molecule has 6 heteroatoms. The number of aromatic nitrogens is 1. The molecule has 1 amide bonds. The molecule has 0 unspecified atom stereocenters. The Hall–Kier alpha value is -1.14. The SMILES string of the molecule is CC(C)(C[C@@H](CO)c1ccnc(Br)c1)OC(N)=O. The molecule has 1 aromatic rings. The second-order valence-corrected chi connectivity index (χ2v) is 5.49. The van der Waals surface area contributed by atoms with Gasteiger partial charge in [-0.25, -0.2) is 9.78 Å². The Kier molecular flexibility index (Phi) is 5.10. The first-order valence-electron chi connectivity index (χ1n) is 5.55. The lowest BCUT2D eigenvalue weighted by atomic mass is 9.89. The van der Waals surface area contributed by atoms with Gasteiger partial charge >= 0.3 is 6.09 Å². The van der Waals surface area contributed by atoms with Gasteiger partial charge in [-0.3, -0.25) is 0 Å². The Morgan fingerprint density at radius 3 is 2.83 bits per heavy atom. The fourth-order valence-electron chi connectivity index (χ4n) is 1.87. The molecule has 18 heavy (non-hydrogen) atoms. The summed E-state index contributed by atoms with van der Waals surface area (Å²) in [5.74, 6) is -0.140. The molecule has 0 radical (unpaired) electrons. The van der Waals surface area contributed by atoms with Crippen LogP contribution in [0.2, 0.25) is 0 Å². The quantitative estimate of drug-likeness (QED) is 0.815. The average Bonchev–Trinajstić information content (AvgIpc) is 2.24. The van der Waals surface area contributed by atoms with E-state index in [-0.39, 0.29) is 12.5 Å². The number of nitrogens with zero attached hydrogens (tertiary/aromatic N) is 1. The Morgan fingerprint density at radius 2 is 2.33 bits per heavy atom. The maximum absolute atomic E-state index is 10.8. The predicted molar refractivity (Wildman–Crippen MR) is 71.1 cm³/mol. The van der Waals surface area contributed by atoms with Crippen LogP contribution in [0.4, 0.5) is 4.79 Å². The second kappa shape index (κ2) is 6.15. The summed E-state index contributed by atoms with van der Waals surface area (Å²) in [6.07, 6.45) is 1.32. The summed E-state index contributed by atoms with van der Waals surface area (Å²) < 4.78 is 5.72. The Bertz CT molecular complexity index is 424. The third-order valence-corrected chi connectivity index (χ3v) is 2.99. The Balaban J connectivity index is 2.82. The van der Waals surface area contributed by atoms with Crippen molar-refractivity contribution in [1.82, 2.24) is 4.98 Å². The normalized spacial score (nSPS) is 13.1. The van der Waals surface area contributed by atoms with Crippen molar-refractivity contribution in [2.45, 2.75) is 31.8 Å². The number of halogens is 1. The van der Waals surface area contributed by atoms with E-state index in [0.29, 0.717) is 11.0 Å². The fourth-order valence-corrected chi connectivity index (χ4v) is 2.25. The highest BCUT2D eigenvalue weighted by Crippen LogP contribution is 2.28. The number of hydrogen-bond donors (Lipinski definition) is 2. The third-order valence-electron chi connectivity index (χ3n) is 2.56. The monoisotopic (exact) mass is 316 g/mol. The van der Waals surface area contributed by atoms with Gasteiger partial charge in [0.2, 0.25) is 0 Å². The lowest BCUT2D eigenvalue weighted by Gasteiger charge is -2.28. The summed E-state index contributed by atoms with van der Waals surface area (Å²) in [6.45, 7) is 3.48. The first kappa shape index (κ1) is 14.9. The van der Waals surface area contributed by atoms with Crippen molar-refractivity contribution < 1.29 is 14.6 Å². The number of carbonyl (C=O) groups excluding carboxylic acids is 1. The minimum absolute atomic E-state index is 0.0397. The van der Waals surface area contributed by atoms with Crippen molar-refractivity contribution in [3.8, 4) is 0 Å². The van der Waals surface area contributed by atoms with Crippen molar-refractivity contribution in [1.29, 1.82) is 0 Å². The maximum Gasteiger partial charge on any atom is 0.405 e. The number of carbonyl (C=O) groups is 1. The van der Waals surface area contributed by atoms with E-state index in [4.69, 9.17) is 10.5 Å². The molecule has 0 aliphatic rings. The van der Waals surface area contributed by atoms with E-state index in [0.717, 1.165) is 5.56 Å². The highest BCUT2D eigenvalue weighted by molar-refractivity contribution is 9.10. The summed E-state index contributed by atoms with van der Waals surface area (Å²) in [5.41, 5.74) is 5.22. The maximum atomic E-state index is 10.8. The van der Waals surface area contributed by atoms with Crippen LogP contribution in [0, 0.1) is 0 Å². The van der Waals surface area contributed by atoms with Crippen molar-refractivity contribution in [3.05, 3.63) is 28.5 Å². The standard InChI is InChI=1S/C12H17BrN2O3/c1-12(2,18-11(14)17)6-9(7-16)8-3-4-15-10(13)5-8/h3-5,9,16H,6-7H2,1-2H3,(H2,14,17)/t9-/m0/s1. The van der Waals surface area contributed by atoms with Gasteiger partial charge in [0, 0.05) is 12.1 Å². The van der Waals surface area contributed by atoms with Gasteiger partial charge in [-0.05, 0) is 53.9 Å². The molecule has 1 atom stereocenters. The largest absolute Gasteiger partial charge is 0.444 e. The van der Waals surface area contributed by atoms with Crippen LogP contribution in [0.5, 0.6) is 0 Å². The summed E-state index contributed by atoms with van der Waals surface area (Å²) >= 11 is 3.28. The zero-order valence-electron chi connectivity index (χ0n) is 10.4. The molecule has 0 saturated heterocycles. The highest BCUT2D eigenvalue weighted by Gasteiger charge is 2.27. The van der Waals surface area contributed by atoms with E-state index in [2.05, 4.69) is 20.9 Å². The minimum atomic E-state index is -0.812. The topological polar surface area (TPSA) is 85.4 Å². The fraction of sp³-hybridized carbons (Fsp3) is 0.500. The van der Waals surface area contributed by atoms with Crippen LogP contribution >= 0.6 is 15.9 Å². The number of primary amides is 1. The average molecular weight is 317 g/mol. The van der Waals surface area contributed by atoms with Crippen LogP contribution in [0.3, 0.4) is 0 Å². The summed E-state index contributed by atoms with van der Waals surface area (Å²) in [5, 5.41) is 9.46. The number of amides is 1. The molecule has 0 bridgehead atoms. The van der Waals surface area contributed by atoms with Crippen LogP contribution in [-0.2, 0) is 4.74 Å². The second-order valence-electron chi connectivity index (χ2n) is 4.68. The molecule has 0 aromatic carbocycles. The zero-order valence-corrected chi connectivity index (χ0v) is 12.0. The Labute approximate surface area is 114 Å². The third kappa shape index (κ3) is 4.62. The first-order chi connectivity index (χ1) is 8.34. The van der Waals surface area contributed by atoms with Gasteiger partial charge in [0.15, 0.2) is 0 Å². The molecule has 1 heterocycles. The van der Waals surface area contributed by atoms with E-state index in [1.807, 2.05) is 12.1 Å². The number of hydrogen-bond acceptors (Lipinski definition) is 4. The van der Waals surface area contributed by atoms with Gasteiger partial charge in [-0.1, -0.05) is 0 Å². The van der Waals surface area contributed by atoms with Gasteiger partial charge in [0.25, 0.3) is 0 Å². The van der Waals surface area contributed by atoms with Crippen molar-refractivity contribution in [3.63, 3.8) is 0 Å². The van der Waals surface area contributed by atoms with E-state index in [1.165, 1.54) is 0 Å². The van der Waals surface area contributed by atoms with Crippen molar-refractivity contribution in [2.75, 3.05) is 6.61 Å². The number of ether oxygens (including phenoxy) is 1. The van der Waals surface area contributed by atoms with Crippen LogP contribution in [0.15, 0.2) is 22.9 Å². The Morgan fingerprint density at radius 1 is 1.67 bits per heavy atom. The van der Waals surface area contributed by atoms with E-state index in [9.17, 15) is 9.90 Å². The molecule has 5 nitrogen and oxygen atoms in total. The van der Waals surface area contributed by atoms with Gasteiger partial charge in [-0.2, -0.15) is 0 Å². The number of pyridine rings is 1. The zero-order chi connectivity index (χ0) is 13.8. The molecular formula is C12H17BrN2O3. The van der Waals surface area contributed by atoms with Crippen LogP contribution in [0.1, 0.15) is 31.7 Å². The lowest BCUT2D eigenvalue weighted by molar-refractivity contribution is 0.0285. The molecule has 1 rings (SSSR count). The molecule has 0 aliphatic heterocycles. The molecule has 0 spiro atoms. The summed E-state index contributed by atoms with van der Waals surface area (Å²) in [7, 11) is 0. The molecule has 0 fully saturated rings. The van der Waals surface area contributed by atoms with Crippen LogP contribution < -0.4 is 5.73 Å². The molecule has 100 valence electrons. The molecular weight excluding hydrogens is 300 g/mol. The molecule has 0 aliphatic carbocycles. The van der Waals surface area contributed by atoms with Crippen molar-refractivity contribution >= 4 is 22.0 Å². The van der Waals surface area contributed by atoms with Gasteiger partial charge in [0.05, 0.1) is 6.61 Å². The summed E-state index contributed by atoms with van der Waals surface area (Å²) in [4.78, 5) is 14.8. The summed E-state index contributed by atoms with van der Waals surface area (Å²) in [6, 6.07) is 3.66. The van der Waals surface area contributed by atoms with Gasteiger partial charge < -0.3 is 15.6 Å². The van der Waals surface area contributed by atoms with Crippen molar-refractivity contribution in [2.24, 2.45) is 5.73 Å². The first-order valence-corrected chi connectivity index (χ1v) is 6.34. The highest BCUT2D eigenvalue weighted by atomic mass is 79.9. The van der Waals surface area contributed by atoms with Crippen LogP contribution in [0.25, 0.3) is 0 Å². The molecule has 1 aromatic heterocycles. The van der Waals surface area contributed by atoms with Gasteiger partial charge in [-0.15, -0.1) is 0 Å². The molecule has 3 N–H and O–H groups in total. The van der Waals surface area contributed by atoms with Crippen LogP contribution in [-0.4, -0.2) is 28.4 Å². The van der Waals surface area contributed by atoms with Gasteiger partial charge in [0.1, 0.15) is 10.2 Å². The number of aliphatic hydroxyl groups excluding tert-OH is 1. The van der Waals surface area contributed by atoms with E-state index >= 15 is 0 Å². The smallest absolute Gasteiger partial charge is 0.405 e. The predicted octanol–water partition coefficient (Wildman–Crippen LogP) is 2.18. The lowest BCUT2D eigenvalue weighted by Crippen LogP contribution is -2.33. The number of rotatable bonds is 5. The number of aliphatic hydroxyl groups is 1. The minimum Gasteiger partial charge on any atom is -0.444 e. The van der Waals surface area contributed by atoms with E-state index in [1.54, 1.807) is 20.0 Å². The molecule has 0 saturated carbocycles. The van der Waals surface area contributed by atoms with E-state index < -0.39 is 11.7 Å².